The van der Waals surface area contributed by atoms with Gasteiger partial charge in [0.15, 0.2) is 0 Å². The number of carbonyl (C=O) groups excluding carboxylic acids is 1. The maximum absolute atomic E-state index is 13.0. The molecule has 0 spiro atoms. The van der Waals surface area contributed by atoms with Gasteiger partial charge in [0, 0.05) is 44.3 Å². The van der Waals surface area contributed by atoms with Crippen LogP contribution in [-0.2, 0) is 0 Å². The lowest BCUT2D eigenvalue weighted by Crippen LogP contribution is -2.49. The Labute approximate surface area is 144 Å². The van der Waals surface area contributed by atoms with Crippen LogP contribution >= 0.6 is 0 Å². The molecule has 1 amide bonds. The van der Waals surface area contributed by atoms with E-state index < -0.39 is 0 Å². The third-order valence-electron chi connectivity index (χ3n) is 4.38. The molecule has 8 heteroatoms. The van der Waals surface area contributed by atoms with E-state index in [0.29, 0.717) is 54.5 Å². The van der Waals surface area contributed by atoms with Crippen LogP contribution in [-0.4, -0.2) is 57.1 Å². The van der Waals surface area contributed by atoms with Gasteiger partial charge in [-0.2, -0.15) is 0 Å². The molecule has 4 heterocycles. The largest absolute Gasteiger partial charge is 0.337 e. The number of nitrogens with zero attached hydrogens (tertiary/aromatic N) is 6. The van der Waals surface area contributed by atoms with Crippen LogP contribution in [0.15, 0.2) is 29.0 Å². The summed E-state index contributed by atoms with van der Waals surface area (Å²) in [6, 6.07) is 3.60. The van der Waals surface area contributed by atoms with Crippen molar-refractivity contribution in [3.05, 3.63) is 41.5 Å². The fourth-order valence-electron chi connectivity index (χ4n) is 3.12. The van der Waals surface area contributed by atoms with Gasteiger partial charge in [-0.05, 0) is 26.0 Å². The Morgan fingerprint density at radius 1 is 1.12 bits per heavy atom. The SMILES string of the molecule is Cc1cc(C(=O)N2CCN(c3ncccn3)CC2)c2c(C)noc2n1. The van der Waals surface area contributed by atoms with Gasteiger partial charge in [0.2, 0.25) is 5.95 Å². The number of hydrogen-bond acceptors (Lipinski definition) is 7. The van der Waals surface area contributed by atoms with Crippen molar-refractivity contribution >= 4 is 23.0 Å². The Morgan fingerprint density at radius 3 is 2.56 bits per heavy atom. The first-order valence-electron chi connectivity index (χ1n) is 8.18. The normalized spacial score (nSPS) is 15.0. The topological polar surface area (TPSA) is 88.3 Å². The Bertz CT molecular complexity index is 916. The van der Waals surface area contributed by atoms with E-state index in [1.54, 1.807) is 18.5 Å². The molecule has 0 aromatic carbocycles. The van der Waals surface area contributed by atoms with Crippen molar-refractivity contribution in [1.82, 2.24) is 25.0 Å². The van der Waals surface area contributed by atoms with Crippen molar-refractivity contribution in [3.63, 3.8) is 0 Å². The number of rotatable bonds is 2. The number of anilines is 1. The zero-order valence-corrected chi connectivity index (χ0v) is 14.1. The average molecular weight is 338 g/mol. The summed E-state index contributed by atoms with van der Waals surface area (Å²) in [5.41, 5.74) is 2.44. The average Bonchev–Trinajstić information content (AvgIpc) is 3.02. The van der Waals surface area contributed by atoms with Gasteiger partial charge < -0.3 is 14.3 Å². The molecule has 25 heavy (non-hydrogen) atoms. The van der Waals surface area contributed by atoms with Gasteiger partial charge in [-0.25, -0.2) is 15.0 Å². The fourth-order valence-corrected chi connectivity index (χ4v) is 3.12. The second kappa shape index (κ2) is 6.12. The van der Waals surface area contributed by atoms with E-state index in [4.69, 9.17) is 4.52 Å². The maximum atomic E-state index is 13.0. The van der Waals surface area contributed by atoms with Crippen molar-refractivity contribution < 1.29 is 9.32 Å². The fraction of sp³-hybridized carbons (Fsp3) is 0.353. The summed E-state index contributed by atoms with van der Waals surface area (Å²) >= 11 is 0. The minimum atomic E-state index is -0.0181. The van der Waals surface area contributed by atoms with Gasteiger partial charge in [0.05, 0.1) is 16.6 Å². The molecule has 0 unspecified atom stereocenters. The van der Waals surface area contributed by atoms with E-state index in [1.807, 2.05) is 24.8 Å². The summed E-state index contributed by atoms with van der Waals surface area (Å²) in [6.45, 7) is 6.30. The molecular formula is C17H18N6O2. The highest BCUT2D eigenvalue weighted by atomic mass is 16.5. The predicted molar refractivity (Wildman–Crippen MR) is 91.4 cm³/mol. The first-order chi connectivity index (χ1) is 12.1. The summed E-state index contributed by atoms with van der Waals surface area (Å²) in [4.78, 5) is 29.8. The summed E-state index contributed by atoms with van der Waals surface area (Å²) in [6.07, 6.45) is 3.45. The molecule has 0 bridgehead atoms. The van der Waals surface area contributed by atoms with Crippen LogP contribution < -0.4 is 4.90 Å². The van der Waals surface area contributed by atoms with Crippen molar-refractivity contribution in [2.45, 2.75) is 13.8 Å². The number of hydrogen-bond donors (Lipinski definition) is 0. The van der Waals surface area contributed by atoms with Gasteiger partial charge in [0.25, 0.3) is 11.6 Å². The van der Waals surface area contributed by atoms with E-state index >= 15 is 0 Å². The number of pyridine rings is 1. The lowest BCUT2D eigenvalue weighted by molar-refractivity contribution is 0.0748. The monoisotopic (exact) mass is 338 g/mol. The first-order valence-corrected chi connectivity index (χ1v) is 8.18. The molecule has 0 atom stereocenters. The van der Waals surface area contributed by atoms with E-state index in [9.17, 15) is 4.79 Å². The van der Waals surface area contributed by atoms with Crippen LogP contribution in [0.1, 0.15) is 21.7 Å². The number of aromatic nitrogens is 4. The Kier molecular flexibility index (Phi) is 3.79. The van der Waals surface area contributed by atoms with Crippen LogP contribution in [0.3, 0.4) is 0 Å². The highest BCUT2D eigenvalue weighted by Crippen LogP contribution is 2.24. The molecule has 0 aliphatic carbocycles. The summed E-state index contributed by atoms with van der Waals surface area (Å²) in [7, 11) is 0. The van der Waals surface area contributed by atoms with Crippen LogP contribution in [0.5, 0.6) is 0 Å². The molecule has 3 aromatic heterocycles. The van der Waals surface area contributed by atoms with Gasteiger partial charge in [-0.1, -0.05) is 5.16 Å². The van der Waals surface area contributed by atoms with Crippen LogP contribution in [0.2, 0.25) is 0 Å². The molecule has 1 fully saturated rings. The molecule has 4 rings (SSSR count). The van der Waals surface area contributed by atoms with Crippen LogP contribution in [0.25, 0.3) is 11.1 Å². The van der Waals surface area contributed by atoms with Crippen LogP contribution in [0.4, 0.5) is 5.95 Å². The van der Waals surface area contributed by atoms with E-state index in [0.717, 1.165) is 5.69 Å². The Morgan fingerprint density at radius 2 is 1.84 bits per heavy atom. The van der Waals surface area contributed by atoms with E-state index in [1.165, 1.54) is 0 Å². The van der Waals surface area contributed by atoms with Crippen molar-refractivity contribution in [2.75, 3.05) is 31.1 Å². The van der Waals surface area contributed by atoms with E-state index in [2.05, 4.69) is 25.0 Å². The first kappa shape index (κ1) is 15.5. The summed E-state index contributed by atoms with van der Waals surface area (Å²) in [5.74, 6) is 0.682. The Balaban J connectivity index is 1.56. The minimum Gasteiger partial charge on any atom is -0.337 e. The smallest absolute Gasteiger partial charge is 0.258 e. The van der Waals surface area contributed by atoms with Gasteiger partial charge in [-0.3, -0.25) is 4.79 Å². The second-order valence-electron chi connectivity index (χ2n) is 6.09. The highest BCUT2D eigenvalue weighted by Gasteiger charge is 2.26. The second-order valence-corrected chi connectivity index (χ2v) is 6.09. The molecular weight excluding hydrogens is 320 g/mol. The third-order valence-corrected chi connectivity index (χ3v) is 4.38. The van der Waals surface area contributed by atoms with Gasteiger partial charge in [0.1, 0.15) is 0 Å². The van der Waals surface area contributed by atoms with Crippen molar-refractivity contribution in [3.8, 4) is 0 Å². The molecule has 0 saturated carbocycles. The number of amides is 1. The molecule has 0 N–H and O–H groups in total. The number of piperazine rings is 1. The maximum Gasteiger partial charge on any atom is 0.258 e. The zero-order chi connectivity index (χ0) is 17.4. The molecule has 1 saturated heterocycles. The zero-order valence-electron chi connectivity index (χ0n) is 14.1. The molecule has 3 aromatic rings. The predicted octanol–water partition coefficient (Wildman–Crippen LogP) is 1.59. The Hall–Kier alpha value is -3.03. The lowest BCUT2D eigenvalue weighted by Gasteiger charge is -2.34. The lowest BCUT2D eigenvalue weighted by atomic mass is 10.1. The van der Waals surface area contributed by atoms with Crippen molar-refractivity contribution in [2.24, 2.45) is 0 Å². The molecule has 128 valence electrons. The number of aryl methyl sites for hydroxylation is 2. The van der Waals surface area contributed by atoms with Gasteiger partial charge >= 0.3 is 0 Å². The number of fused-ring (bicyclic) bond motifs is 1. The molecule has 1 aliphatic heterocycles. The van der Waals surface area contributed by atoms with Crippen molar-refractivity contribution in [1.29, 1.82) is 0 Å². The molecule has 0 radical (unpaired) electrons. The van der Waals surface area contributed by atoms with E-state index in [-0.39, 0.29) is 5.91 Å². The number of carbonyl (C=O) groups is 1. The molecule has 8 nitrogen and oxygen atoms in total. The summed E-state index contributed by atoms with van der Waals surface area (Å²) in [5, 5.41) is 4.64. The standard InChI is InChI=1S/C17H18N6O2/c1-11-10-13(14-12(2)21-25-15(14)20-11)16(24)22-6-8-23(9-7-22)17-18-4-3-5-19-17/h3-5,10H,6-9H2,1-2H3. The minimum absolute atomic E-state index is 0.0181. The van der Waals surface area contributed by atoms with Gasteiger partial charge in [-0.15, -0.1) is 0 Å². The van der Waals surface area contributed by atoms with Crippen LogP contribution in [0, 0.1) is 13.8 Å². The highest BCUT2D eigenvalue weighted by molar-refractivity contribution is 6.06. The molecule has 1 aliphatic rings. The quantitative estimate of drug-likeness (QED) is 0.701. The summed E-state index contributed by atoms with van der Waals surface area (Å²) < 4.78 is 5.23. The third kappa shape index (κ3) is 2.79.